The number of amides is 1. The van der Waals surface area contributed by atoms with Crippen LogP contribution >= 0.6 is 11.6 Å². The van der Waals surface area contributed by atoms with Crippen molar-refractivity contribution in [3.63, 3.8) is 0 Å². The molecule has 0 bridgehead atoms. The number of hydrogen-bond acceptors (Lipinski definition) is 4. The van der Waals surface area contributed by atoms with Gasteiger partial charge in [-0.3, -0.25) is 14.9 Å². The van der Waals surface area contributed by atoms with Crippen LogP contribution in [0.4, 0.5) is 11.5 Å². The Morgan fingerprint density at radius 2 is 2.29 bits per heavy atom. The SMILES string of the molecule is CCCn1cc([N+](=O)[O-])cc1C(=O)Nc1cccc(Cl)n1. The highest BCUT2D eigenvalue weighted by atomic mass is 35.5. The van der Waals surface area contributed by atoms with E-state index in [9.17, 15) is 14.9 Å². The predicted octanol–water partition coefficient (Wildman–Crippen LogP) is 3.11. The maximum Gasteiger partial charge on any atom is 0.287 e. The van der Waals surface area contributed by atoms with Crippen molar-refractivity contribution >= 4 is 29.0 Å². The number of anilines is 1. The number of hydrogen-bond donors (Lipinski definition) is 1. The summed E-state index contributed by atoms with van der Waals surface area (Å²) in [5, 5.41) is 13.7. The number of halogens is 1. The van der Waals surface area contributed by atoms with Gasteiger partial charge in [-0.15, -0.1) is 0 Å². The van der Waals surface area contributed by atoms with Crippen molar-refractivity contribution in [1.29, 1.82) is 0 Å². The number of aromatic nitrogens is 2. The van der Waals surface area contributed by atoms with Crippen molar-refractivity contribution in [2.24, 2.45) is 0 Å². The van der Waals surface area contributed by atoms with E-state index in [0.29, 0.717) is 12.4 Å². The van der Waals surface area contributed by atoms with Crippen LogP contribution in [0.2, 0.25) is 5.15 Å². The number of nitrogens with one attached hydrogen (secondary N) is 1. The maximum atomic E-state index is 12.2. The number of nitro groups is 1. The number of rotatable bonds is 5. The lowest BCUT2D eigenvalue weighted by molar-refractivity contribution is -0.384. The smallest absolute Gasteiger partial charge is 0.287 e. The van der Waals surface area contributed by atoms with Crippen LogP contribution in [0.15, 0.2) is 30.5 Å². The van der Waals surface area contributed by atoms with Crippen LogP contribution < -0.4 is 5.32 Å². The normalized spacial score (nSPS) is 10.4. The first-order chi connectivity index (χ1) is 10.0. The summed E-state index contributed by atoms with van der Waals surface area (Å²) in [6.07, 6.45) is 2.10. The van der Waals surface area contributed by atoms with E-state index in [1.807, 2.05) is 6.92 Å². The molecule has 0 unspecified atom stereocenters. The van der Waals surface area contributed by atoms with Crippen molar-refractivity contribution in [2.45, 2.75) is 19.9 Å². The third-order valence-electron chi connectivity index (χ3n) is 2.75. The zero-order chi connectivity index (χ0) is 15.4. The third-order valence-corrected chi connectivity index (χ3v) is 2.96. The van der Waals surface area contributed by atoms with Gasteiger partial charge in [0.25, 0.3) is 11.6 Å². The lowest BCUT2D eigenvalue weighted by Crippen LogP contribution is -2.17. The standard InChI is InChI=1S/C13H13ClN4O3/c1-2-6-17-8-9(18(20)21)7-10(17)13(19)16-12-5-3-4-11(14)15-12/h3-5,7-8H,2,6H2,1H3,(H,15,16,19). The minimum Gasteiger partial charge on any atom is -0.337 e. The quantitative estimate of drug-likeness (QED) is 0.522. The van der Waals surface area contributed by atoms with E-state index in [4.69, 9.17) is 11.6 Å². The number of carbonyl (C=O) groups is 1. The summed E-state index contributed by atoms with van der Waals surface area (Å²) >= 11 is 5.74. The Kier molecular flexibility index (Phi) is 4.54. The summed E-state index contributed by atoms with van der Waals surface area (Å²) in [5.74, 6) is -0.175. The largest absolute Gasteiger partial charge is 0.337 e. The molecule has 21 heavy (non-hydrogen) atoms. The van der Waals surface area contributed by atoms with Gasteiger partial charge in [-0.05, 0) is 18.6 Å². The fourth-order valence-electron chi connectivity index (χ4n) is 1.87. The average Bonchev–Trinajstić information content (AvgIpc) is 2.83. The summed E-state index contributed by atoms with van der Waals surface area (Å²) in [5.41, 5.74) is 0.0954. The second-order valence-corrected chi connectivity index (χ2v) is 4.72. The Hall–Kier alpha value is -2.41. The van der Waals surface area contributed by atoms with Crippen molar-refractivity contribution in [3.8, 4) is 0 Å². The zero-order valence-electron chi connectivity index (χ0n) is 11.2. The molecule has 7 nitrogen and oxygen atoms in total. The van der Waals surface area contributed by atoms with Crippen molar-refractivity contribution in [1.82, 2.24) is 9.55 Å². The van der Waals surface area contributed by atoms with Crippen LogP contribution in [-0.4, -0.2) is 20.4 Å². The summed E-state index contributed by atoms with van der Waals surface area (Å²) in [4.78, 5) is 26.5. The van der Waals surface area contributed by atoms with Gasteiger partial charge in [-0.1, -0.05) is 24.6 Å². The molecule has 2 heterocycles. The van der Waals surface area contributed by atoms with Crippen molar-refractivity contribution in [3.05, 3.63) is 51.4 Å². The Morgan fingerprint density at radius 1 is 1.52 bits per heavy atom. The fourth-order valence-corrected chi connectivity index (χ4v) is 2.03. The summed E-state index contributed by atoms with van der Waals surface area (Å²) in [6, 6.07) is 6.07. The Bertz CT molecular complexity index is 684. The Morgan fingerprint density at radius 3 is 2.90 bits per heavy atom. The van der Waals surface area contributed by atoms with E-state index in [-0.39, 0.29) is 16.5 Å². The lowest BCUT2D eigenvalue weighted by Gasteiger charge is -2.07. The van der Waals surface area contributed by atoms with Crippen LogP contribution in [-0.2, 0) is 6.54 Å². The minimum absolute atomic E-state index is 0.118. The summed E-state index contributed by atoms with van der Waals surface area (Å²) in [6.45, 7) is 2.44. The minimum atomic E-state index is -0.527. The third kappa shape index (κ3) is 3.57. The molecule has 1 amide bonds. The summed E-state index contributed by atoms with van der Waals surface area (Å²) < 4.78 is 1.55. The Labute approximate surface area is 125 Å². The molecule has 0 saturated carbocycles. The molecule has 2 aromatic heterocycles. The molecule has 2 aromatic rings. The molecule has 0 aliphatic carbocycles. The van der Waals surface area contributed by atoms with Crippen molar-refractivity contribution < 1.29 is 9.72 Å². The topological polar surface area (TPSA) is 90.1 Å². The van der Waals surface area contributed by atoms with Gasteiger partial charge in [0.15, 0.2) is 0 Å². The van der Waals surface area contributed by atoms with E-state index in [1.54, 1.807) is 22.8 Å². The highest BCUT2D eigenvalue weighted by Gasteiger charge is 2.19. The van der Waals surface area contributed by atoms with Gasteiger partial charge in [0.1, 0.15) is 16.7 Å². The fraction of sp³-hybridized carbons (Fsp3) is 0.231. The van der Waals surface area contributed by atoms with Crippen LogP contribution in [0.5, 0.6) is 0 Å². The lowest BCUT2D eigenvalue weighted by atomic mass is 10.3. The molecule has 8 heteroatoms. The Balaban J connectivity index is 2.27. The molecule has 0 radical (unpaired) electrons. The molecular weight excluding hydrogens is 296 g/mol. The highest BCUT2D eigenvalue weighted by Crippen LogP contribution is 2.18. The van der Waals surface area contributed by atoms with Gasteiger partial charge >= 0.3 is 0 Å². The first kappa shape index (κ1) is 15.0. The van der Waals surface area contributed by atoms with Gasteiger partial charge in [-0.2, -0.15) is 0 Å². The molecule has 0 fully saturated rings. The predicted molar refractivity (Wildman–Crippen MR) is 78.6 cm³/mol. The van der Waals surface area contributed by atoms with Crippen LogP contribution in [0.25, 0.3) is 0 Å². The number of nitrogens with zero attached hydrogens (tertiary/aromatic N) is 3. The van der Waals surface area contributed by atoms with Crippen molar-refractivity contribution in [2.75, 3.05) is 5.32 Å². The zero-order valence-corrected chi connectivity index (χ0v) is 12.0. The number of carbonyl (C=O) groups excluding carboxylic acids is 1. The molecule has 0 atom stereocenters. The van der Waals surface area contributed by atoms with Crippen LogP contribution in [0.1, 0.15) is 23.8 Å². The van der Waals surface area contributed by atoms with E-state index >= 15 is 0 Å². The highest BCUT2D eigenvalue weighted by molar-refractivity contribution is 6.29. The van der Waals surface area contributed by atoms with E-state index < -0.39 is 10.8 Å². The molecule has 0 aliphatic rings. The first-order valence-corrected chi connectivity index (χ1v) is 6.67. The maximum absolute atomic E-state index is 12.2. The molecule has 1 N–H and O–H groups in total. The second-order valence-electron chi connectivity index (χ2n) is 4.33. The van der Waals surface area contributed by atoms with Gasteiger partial charge in [0.2, 0.25) is 0 Å². The molecule has 0 saturated heterocycles. The van der Waals surface area contributed by atoms with E-state index in [0.717, 1.165) is 6.42 Å². The molecule has 0 aromatic carbocycles. The monoisotopic (exact) mass is 308 g/mol. The van der Waals surface area contributed by atoms with Gasteiger partial charge in [-0.25, -0.2) is 4.98 Å². The average molecular weight is 309 g/mol. The van der Waals surface area contributed by atoms with Crippen LogP contribution in [0, 0.1) is 10.1 Å². The van der Waals surface area contributed by atoms with Gasteiger partial charge in [0.05, 0.1) is 11.1 Å². The van der Waals surface area contributed by atoms with Gasteiger partial charge < -0.3 is 9.88 Å². The van der Waals surface area contributed by atoms with Crippen LogP contribution in [0.3, 0.4) is 0 Å². The molecular formula is C13H13ClN4O3. The van der Waals surface area contributed by atoms with E-state index in [2.05, 4.69) is 10.3 Å². The second kappa shape index (κ2) is 6.36. The summed E-state index contributed by atoms with van der Waals surface area (Å²) in [7, 11) is 0. The number of aryl methyl sites for hydroxylation is 1. The molecule has 2 rings (SSSR count). The van der Waals surface area contributed by atoms with E-state index in [1.165, 1.54) is 12.3 Å². The first-order valence-electron chi connectivity index (χ1n) is 6.29. The van der Waals surface area contributed by atoms with Gasteiger partial charge in [0, 0.05) is 12.6 Å². The molecule has 110 valence electrons. The molecule has 0 aliphatic heterocycles. The number of pyridine rings is 1. The molecule has 0 spiro atoms.